The number of aliphatic carboxylic acids is 1. The SMILES string of the molecule is CCC1=C(C(N)=O)c2c(ccc(C)c2OCC(=O)O)C1=Cc1ccccc1Cc1ccccc1. The smallest absolute Gasteiger partial charge is 0.341 e. The van der Waals surface area contributed by atoms with Crippen LogP contribution >= 0.6 is 0 Å². The largest absolute Gasteiger partial charge is 0.481 e. The van der Waals surface area contributed by atoms with Crippen molar-refractivity contribution in [3.05, 3.63) is 106 Å². The summed E-state index contributed by atoms with van der Waals surface area (Å²) in [5, 5.41) is 9.15. The number of hydrogen-bond donors (Lipinski definition) is 2. The molecule has 5 heteroatoms. The Morgan fingerprint density at radius 1 is 1.00 bits per heavy atom. The second-order valence-electron chi connectivity index (χ2n) is 8.31. The lowest BCUT2D eigenvalue weighted by molar-refractivity contribution is -0.139. The Kier molecular flexibility index (Phi) is 6.64. The highest BCUT2D eigenvalue weighted by molar-refractivity contribution is 6.28. The van der Waals surface area contributed by atoms with Crippen LogP contribution < -0.4 is 10.5 Å². The summed E-state index contributed by atoms with van der Waals surface area (Å²) in [4.78, 5) is 23.8. The third-order valence-corrected chi connectivity index (χ3v) is 6.05. The van der Waals surface area contributed by atoms with Crippen molar-refractivity contribution in [2.24, 2.45) is 5.73 Å². The van der Waals surface area contributed by atoms with Crippen LogP contribution in [0.2, 0.25) is 0 Å². The zero-order valence-corrected chi connectivity index (χ0v) is 19.3. The van der Waals surface area contributed by atoms with Crippen LogP contribution in [0.25, 0.3) is 17.2 Å². The third kappa shape index (κ3) is 4.50. The lowest BCUT2D eigenvalue weighted by atomic mass is 9.94. The summed E-state index contributed by atoms with van der Waals surface area (Å²) in [6, 6.07) is 22.3. The van der Waals surface area contributed by atoms with E-state index in [9.17, 15) is 9.59 Å². The molecule has 0 aliphatic heterocycles. The highest BCUT2D eigenvalue weighted by Gasteiger charge is 2.32. The minimum atomic E-state index is -1.08. The topological polar surface area (TPSA) is 89.6 Å². The van der Waals surface area contributed by atoms with E-state index < -0.39 is 18.5 Å². The molecule has 0 aromatic heterocycles. The maximum atomic E-state index is 12.6. The Hall–Kier alpha value is -4.12. The quantitative estimate of drug-likeness (QED) is 0.487. The number of carbonyl (C=O) groups is 2. The number of hydrogen-bond acceptors (Lipinski definition) is 3. The number of carboxylic acids is 1. The van der Waals surface area contributed by atoms with E-state index in [1.807, 2.05) is 56.3 Å². The minimum absolute atomic E-state index is 0.389. The Balaban J connectivity index is 1.89. The van der Waals surface area contributed by atoms with Gasteiger partial charge < -0.3 is 15.6 Å². The van der Waals surface area contributed by atoms with Crippen LogP contribution in [-0.4, -0.2) is 23.6 Å². The maximum Gasteiger partial charge on any atom is 0.341 e. The second kappa shape index (κ2) is 9.79. The van der Waals surface area contributed by atoms with Gasteiger partial charge >= 0.3 is 5.97 Å². The van der Waals surface area contributed by atoms with Crippen molar-refractivity contribution in [1.29, 1.82) is 0 Å². The molecule has 4 rings (SSSR count). The van der Waals surface area contributed by atoms with Crippen LogP contribution in [0.1, 0.15) is 46.7 Å². The van der Waals surface area contributed by atoms with Gasteiger partial charge in [0.1, 0.15) is 5.75 Å². The van der Waals surface area contributed by atoms with Crippen LogP contribution in [0.15, 0.2) is 72.3 Å². The molecule has 0 heterocycles. The number of primary amides is 1. The first-order chi connectivity index (χ1) is 16.4. The molecule has 1 aliphatic carbocycles. The molecule has 1 aliphatic rings. The second-order valence-corrected chi connectivity index (χ2v) is 8.31. The first-order valence-electron chi connectivity index (χ1n) is 11.3. The Bertz CT molecular complexity index is 1320. The molecule has 3 aromatic carbocycles. The molecule has 34 heavy (non-hydrogen) atoms. The molecule has 3 N–H and O–H groups in total. The summed E-state index contributed by atoms with van der Waals surface area (Å²) in [5.41, 5.74) is 13.6. The number of fused-ring (bicyclic) bond motifs is 1. The first-order valence-corrected chi connectivity index (χ1v) is 11.3. The molecule has 0 saturated carbocycles. The summed E-state index contributed by atoms with van der Waals surface area (Å²) in [6.45, 7) is 3.32. The molecule has 0 unspecified atom stereocenters. The summed E-state index contributed by atoms with van der Waals surface area (Å²) in [6.07, 6.45) is 3.47. The van der Waals surface area contributed by atoms with E-state index in [1.165, 1.54) is 11.1 Å². The first kappa shape index (κ1) is 23.1. The van der Waals surface area contributed by atoms with Crippen LogP contribution in [0.3, 0.4) is 0 Å². The van der Waals surface area contributed by atoms with Gasteiger partial charge in [-0.15, -0.1) is 0 Å². The van der Waals surface area contributed by atoms with E-state index in [2.05, 4.69) is 30.3 Å². The highest BCUT2D eigenvalue weighted by Crippen LogP contribution is 2.48. The van der Waals surface area contributed by atoms with E-state index >= 15 is 0 Å². The lowest BCUT2D eigenvalue weighted by Gasteiger charge is -2.14. The number of ether oxygens (including phenoxy) is 1. The molecule has 0 spiro atoms. The fourth-order valence-electron chi connectivity index (χ4n) is 4.54. The molecule has 5 nitrogen and oxygen atoms in total. The molecule has 0 atom stereocenters. The number of carboxylic acid groups (broad SMARTS) is 1. The van der Waals surface area contributed by atoms with Gasteiger partial charge in [0, 0.05) is 5.56 Å². The zero-order valence-electron chi connectivity index (χ0n) is 19.3. The predicted molar refractivity (Wildman–Crippen MR) is 134 cm³/mol. The summed E-state index contributed by atoms with van der Waals surface area (Å²) < 4.78 is 5.65. The number of amides is 1. The molecule has 0 bridgehead atoms. The Labute approximate surface area is 199 Å². The van der Waals surface area contributed by atoms with Gasteiger partial charge in [0.2, 0.25) is 5.91 Å². The predicted octanol–water partition coefficient (Wildman–Crippen LogP) is 5.25. The highest BCUT2D eigenvalue weighted by atomic mass is 16.5. The van der Waals surface area contributed by atoms with Gasteiger partial charge in [-0.2, -0.15) is 0 Å². The van der Waals surface area contributed by atoms with Crippen molar-refractivity contribution in [3.63, 3.8) is 0 Å². The van der Waals surface area contributed by atoms with Crippen molar-refractivity contribution in [2.75, 3.05) is 6.61 Å². The number of benzene rings is 3. The number of allylic oxidation sites excluding steroid dienone is 2. The van der Waals surface area contributed by atoms with Gasteiger partial charge in [0.15, 0.2) is 6.61 Å². The van der Waals surface area contributed by atoms with E-state index in [-0.39, 0.29) is 0 Å². The van der Waals surface area contributed by atoms with Gasteiger partial charge in [0.05, 0.1) is 5.57 Å². The van der Waals surface area contributed by atoms with Gasteiger partial charge in [-0.1, -0.05) is 73.7 Å². The van der Waals surface area contributed by atoms with E-state index in [4.69, 9.17) is 15.6 Å². The van der Waals surface area contributed by atoms with Gasteiger partial charge in [-0.25, -0.2) is 4.79 Å². The molecule has 0 radical (unpaired) electrons. The molecule has 1 amide bonds. The third-order valence-electron chi connectivity index (χ3n) is 6.05. The summed E-state index contributed by atoms with van der Waals surface area (Å²) in [7, 11) is 0. The fourth-order valence-corrected chi connectivity index (χ4v) is 4.54. The molecule has 0 saturated heterocycles. The fraction of sp³-hybridized carbons (Fsp3) is 0.172. The summed E-state index contributed by atoms with van der Waals surface area (Å²) >= 11 is 0. The van der Waals surface area contributed by atoms with Crippen molar-refractivity contribution >= 4 is 29.1 Å². The van der Waals surface area contributed by atoms with Gasteiger partial charge in [-0.05, 0) is 64.8 Å². The number of nitrogens with two attached hydrogens (primary N) is 1. The molecular weight excluding hydrogens is 426 g/mol. The lowest BCUT2D eigenvalue weighted by Crippen LogP contribution is -2.16. The van der Waals surface area contributed by atoms with Crippen molar-refractivity contribution < 1.29 is 19.4 Å². The molecule has 0 fully saturated rings. The minimum Gasteiger partial charge on any atom is -0.481 e. The number of carbonyl (C=O) groups excluding carboxylic acids is 1. The van der Waals surface area contributed by atoms with Crippen molar-refractivity contribution in [1.82, 2.24) is 0 Å². The monoisotopic (exact) mass is 453 g/mol. The van der Waals surface area contributed by atoms with Gasteiger partial charge in [0.25, 0.3) is 0 Å². The van der Waals surface area contributed by atoms with E-state index in [0.29, 0.717) is 23.3 Å². The normalized spacial score (nSPS) is 13.8. The van der Waals surface area contributed by atoms with E-state index in [1.54, 1.807) is 0 Å². The van der Waals surface area contributed by atoms with Crippen LogP contribution in [0.4, 0.5) is 0 Å². The Morgan fingerprint density at radius 2 is 1.71 bits per heavy atom. The average molecular weight is 454 g/mol. The van der Waals surface area contributed by atoms with Gasteiger partial charge in [-0.3, -0.25) is 4.79 Å². The number of rotatable bonds is 8. The average Bonchev–Trinajstić information content (AvgIpc) is 3.13. The van der Waals surface area contributed by atoms with Crippen LogP contribution in [-0.2, 0) is 16.0 Å². The molecule has 172 valence electrons. The number of aryl methyl sites for hydroxylation is 1. The summed E-state index contributed by atoms with van der Waals surface area (Å²) in [5.74, 6) is -1.24. The maximum absolute atomic E-state index is 12.6. The van der Waals surface area contributed by atoms with Crippen molar-refractivity contribution in [2.45, 2.75) is 26.7 Å². The van der Waals surface area contributed by atoms with Crippen molar-refractivity contribution in [3.8, 4) is 5.75 Å². The standard InChI is InChI=1S/C29H27NO4/c1-3-22-24(16-21-12-8-7-11-20(21)15-19-9-5-4-6-10-19)23-14-13-18(2)28(34-17-25(31)32)26(23)27(22)29(30)33/h4-14,16H,3,15,17H2,1-2H3,(H2,30,33)(H,31,32). The Morgan fingerprint density at radius 3 is 2.38 bits per heavy atom. The zero-order chi connectivity index (χ0) is 24.2. The van der Waals surface area contributed by atoms with Crippen LogP contribution in [0.5, 0.6) is 5.75 Å². The molecular formula is C29H27NO4. The van der Waals surface area contributed by atoms with E-state index in [0.717, 1.165) is 34.3 Å². The van der Waals surface area contributed by atoms with Crippen LogP contribution in [0, 0.1) is 6.92 Å². The molecule has 3 aromatic rings.